The number of pyridine rings is 1. The van der Waals surface area contributed by atoms with Crippen molar-refractivity contribution in [3.05, 3.63) is 190 Å². The molecule has 0 saturated carbocycles. The van der Waals surface area contributed by atoms with Gasteiger partial charge in [0.2, 0.25) is 11.9 Å². The molecule has 1 heterocycles. The van der Waals surface area contributed by atoms with E-state index in [2.05, 4.69) is 0 Å². The largest absolute Gasteiger partial charge is 0.478 e. The van der Waals surface area contributed by atoms with Crippen LogP contribution in [0, 0.1) is 0 Å². The van der Waals surface area contributed by atoms with Gasteiger partial charge in [-0.15, -0.1) is 0 Å². The van der Waals surface area contributed by atoms with E-state index in [0.29, 0.717) is 5.75 Å². The Hall–Kier alpha value is -7.62. The summed E-state index contributed by atoms with van der Waals surface area (Å²) in [6, 6.07) is 9.28. The summed E-state index contributed by atoms with van der Waals surface area (Å²) in [5.41, 5.74) is -29.1. The number of carboxylic acids is 1. The van der Waals surface area contributed by atoms with E-state index in [-0.39, 0.29) is 5.56 Å². The lowest BCUT2D eigenvalue weighted by Gasteiger charge is -2.46. The molecule has 29 heteroatoms. The molecule has 0 spiro atoms. The van der Waals surface area contributed by atoms with Crippen LogP contribution < -0.4 is 31.4 Å². The Labute approximate surface area is 414 Å². The van der Waals surface area contributed by atoms with E-state index in [1.54, 1.807) is 23.1 Å². The molecular weight excluding hydrogens is 1110 g/mol. The highest BCUT2D eigenvalue weighted by Crippen LogP contribution is 2.41. The molecule has 1 N–H and O–H groups in total. The minimum atomic E-state index is -6.13. The third kappa shape index (κ3) is 13.2. The van der Waals surface area contributed by atoms with Gasteiger partial charge in [0.15, 0.2) is 0 Å². The van der Waals surface area contributed by atoms with Gasteiger partial charge in [0.05, 0.1) is 55.5 Å². The van der Waals surface area contributed by atoms with E-state index in [9.17, 15) is 110 Å². The first-order valence-corrected chi connectivity index (χ1v) is 20.8. The van der Waals surface area contributed by atoms with E-state index in [1.165, 1.54) is 12.1 Å². The Morgan fingerprint density at radius 2 is 0.649 bits per heavy atom. The van der Waals surface area contributed by atoms with Crippen LogP contribution in [-0.4, -0.2) is 17.2 Å². The molecule has 7 rings (SSSR count). The van der Waals surface area contributed by atoms with Crippen molar-refractivity contribution in [1.29, 1.82) is 0 Å². The second-order valence-corrected chi connectivity index (χ2v) is 16.5. The van der Waals surface area contributed by atoms with E-state index >= 15 is 0 Å². The average molecular weight is 1130 g/mol. The molecule has 4 nitrogen and oxygen atoms in total. The Bertz CT molecular complexity index is 2890. The molecule has 0 atom stereocenters. The topological polar surface area (TPSA) is 50.4 Å². The second-order valence-electron chi connectivity index (χ2n) is 16.5. The summed E-state index contributed by atoms with van der Waals surface area (Å²) in [5, 5.41) is 10.0. The molecule has 0 saturated heterocycles. The van der Waals surface area contributed by atoms with Crippen LogP contribution in [0.1, 0.15) is 54.9 Å². The van der Waals surface area contributed by atoms with Crippen molar-refractivity contribution < 1.29 is 125 Å². The molecule has 1 aromatic heterocycles. The van der Waals surface area contributed by atoms with Crippen LogP contribution in [0.15, 0.2) is 140 Å². The van der Waals surface area contributed by atoms with E-state index in [0.717, 1.165) is 10.9 Å². The highest BCUT2D eigenvalue weighted by Gasteiger charge is 2.47. The van der Waals surface area contributed by atoms with Gasteiger partial charge >= 0.3 is 55.4 Å². The summed E-state index contributed by atoms with van der Waals surface area (Å²) < 4.78 is 342. The lowest BCUT2D eigenvalue weighted by Crippen LogP contribution is -2.75. The zero-order valence-electron chi connectivity index (χ0n) is 37.1. The number of aromatic nitrogens is 1. The first-order valence-electron chi connectivity index (χ1n) is 20.8. The van der Waals surface area contributed by atoms with Crippen molar-refractivity contribution in [2.45, 2.75) is 49.4 Å². The van der Waals surface area contributed by atoms with E-state index in [4.69, 9.17) is 9.94 Å². The number of hydrogen-bond acceptors (Lipinski definition) is 2. The summed E-state index contributed by atoms with van der Waals surface area (Å²) in [6.07, 6.45) is -53.0. The fraction of sp³-hybridized carbons (Fsp3) is 0.167. The van der Waals surface area contributed by atoms with E-state index < -0.39 is 201 Å². The maximum absolute atomic E-state index is 14.2. The maximum Gasteiger partial charge on any atom is 0.416 e. The minimum Gasteiger partial charge on any atom is -0.478 e. The first-order chi connectivity index (χ1) is 35.0. The number of carbonyl (C=O) groups is 1. The van der Waals surface area contributed by atoms with Gasteiger partial charge in [-0.3, -0.25) is 0 Å². The van der Waals surface area contributed by atoms with Crippen molar-refractivity contribution in [2.24, 2.45) is 0 Å². The average Bonchev–Trinajstić information content (AvgIpc) is 3.30. The van der Waals surface area contributed by atoms with Gasteiger partial charge in [0.25, 0.3) is 5.52 Å². The monoisotopic (exact) mass is 1130 g/mol. The summed E-state index contributed by atoms with van der Waals surface area (Å²) >= 11 is 0. The van der Waals surface area contributed by atoms with Gasteiger partial charge in [0.1, 0.15) is 6.15 Å². The fourth-order valence-electron chi connectivity index (χ4n) is 8.08. The first kappa shape index (κ1) is 58.6. The number of carboxylic acid groups (broad SMARTS) is 1. The van der Waals surface area contributed by atoms with Crippen LogP contribution in [0.2, 0.25) is 0 Å². The zero-order chi connectivity index (χ0) is 57.9. The smallest absolute Gasteiger partial charge is 0.416 e. The van der Waals surface area contributed by atoms with E-state index in [1.807, 2.05) is 36.4 Å². The van der Waals surface area contributed by atoms with Crippen molar-refractivity contribution in [3.8, 4) is 5.75 Å². The molecule has 410 valence electrons. The van der Waals surface area contributed by atoms with Crippen molar-refractivity contribution in [1.82, 2.24) is 0 Å². The number of hydrogen-bond donors (Lipinski definition) is 1. The fourth-order valence-corrected chi connectivity index (χ4v) is 8.08. The summed E-state index contributed by atoms with van der Waals surface area (Å²) in [4.78, 5) is 16.7. The van der Waals surface area contributed by atoms with Crippen molar-refractivity contribution in [3.63, 3.8) is 0 Å². The SMILES string of the molecule is FC(F)(F)c1cc([B-](c2cc(C(F)(F)F)cc(C(F)(F)F)c2)(c2cc(C(F)(F)F)cc(C(F)(F)F)c2)c2cc(C(F)(F)F)cc(C(F)(F)F)c2)cc(C(F)(F)F)c1.O=C(O)c1cccc(O[n+]2cccc3ccccc32)c1. The highest BCUT2D eigenvalue weighted by atomic mass is 19.4. The van der Waals surface area contributed by atoms with Crippen LogP contribution in [0.5, 0.6) is 5.75 Å². The molecule has 0 aliphatic rings. The Morgan fingerprint density at radius 1 is 0.364 bits per heavy atom. The Kier molecular flexibility index (Phi) is 15.3. The minimum absolute atomic E-state index is 0.198. The molecule has 7 aromatic rings. The molecule has 6 aromatic carbocycles. The maximum atomic E-state index is 14.2. The quantitative estimate of drug-likeness (QED) is 0.0983. The predicted molar refractivity (Wildman–Crippen MR) is 224 cm³/mol. The molecule has 0 amide bonds. The van der Waals surface area contributed by atoms with Gasteiger partial charge in [0, 0.05) is 22.9 Å². The number of fused-ring (bicyclic) bond motifs is 1. The second kappa shape index (κ2) is 20.1. The summed E-state index contributed by atoms with van der Waals surface area (Å²) in [5.74, 6) is -0.496. The predicted octanol–water partition coefficient (Wildman–Crippen LogP) is 13.9. The van der Waals surface area contributed by atoms with Crippen LogP contribution in [0.3, 0.4) is 0 Å². The number of aromatic carboxylic acids is 1. The van der Waals surface area contributed by atoms with Gasteiger partial charge < -0.3 is 5.11 Å². The number of rotatable bonds is 7. The van der Waals surface area contributed by atoms with Gasteiger partial charge in [-0.05, 0) is 48.5 Å². The molecule has 77 heavy (non-hydrogen) atoms. The van der Waals surface area contributed by atoms with Gasteiger partial charge in [-0.1, -0.05) is 66.7 Å². The Balaban J connectivity index is 0.000000397. The number of halogens is 24. The standard InChI is InChI=1S/C32H12BF24.C16H11NO3/c34-25(35,36)13-1-14(26(37,38)39)6-21(5-13)33(22-7-15(27(40,41)42)2-16(8-22)28(43,44)45,23-9-17(29(46,47)48)3-18(10-23)30(49,50)51)24-11-19(31(52,53)54)4-20(12-24)32(55,56)57;18-16(19)13-6-3-8-14(11-13)20-17-10-4-7-12-5-1-2-9-15(12)17/h1-12H;1-11H/q-1;/p+1. The van der Waals surface area contributed by atoms with Crippen molar-refractivity contribution in [2.75, 3.05) is 0 Å². The number of alkyl halides is 24. The molecule has 0 unspecified atom stereocenters. The molecule has 0 bridgehead atoms. The molecule has 0 fully saturated rings. The number of benzene rings is 6. The van der Waals surface area contributed by atoms with Crippen molar-refractivity contribution >= 4 is 44.9 Å². The normalized spacial score (nSPS) is 13.3. The van der Waals surface area contributed by atoms with Crippen LogP contribution in [0.25, 0.3) is 10.9 Å². The Morgan fingerprint density at radius 3 is 0.935 bits per heavy atom. The van der Waals surface area contributed by atoms with Crippen LogP contribution >= 0.6 is 0 Å². The lowest BCUT2D eigenvalue weighted by atomic mass is 9.12. The highest BCUT2D eigenvalue weighted by molar-refractivity contribution is 7.20. The number of para-hydroxylation sites is 1. The van der Waals surface area contributed by atoms with Gasteiger partial charge in [-0.2, -0.15) is 127 Å². The molecule has 0 aliphatic carbocycles. The molecule has 0 radical (unpaired) electrons. The summed E-state index contributed by atoms with van der Waals surface area (Å²) in [7, 11) is 0. The molecule has 0 aliphatic heterocycles. The lowest BCUT2D eigenvalue weighted by molar-refractivity contribution is -0.854. The van der Waals surface area contributed by atoms with Crippen LogP contribution in [-0.2, 0) is 49.4 Å². The third-order valence-corrected chi connectivity index (χ3v) is 11.4. The zero-order valence-corrected chi connectivity index (χ0v) is 37.1. The van der Waals surface area contributed by atoms with Crippen LogP contribution in [0.4, 0.5) is 105 Å². The number of nitrogens with zero attached hydrogens (tertiary/aromatic N) is 1. The third-order valence-electron chi connectivity index (χ3n) is 11.4. The van der Waals surface area contributed by atoms with Gasteiger partial charge in [-0.25, -0.2) is 9.63 Å². The summed E-state index contributed by atoms with van der Waals surface area (Å²) in [6.45, 7) is 0. The molecular formula is C48H24BF24NO3.